The van der Waals surface area contributed by atoms with Crippen LogP contribution in [0.1, 0.15) is 11.6 Å². The lowest BCUT2D eigenvalue weighted by molar-refractivity contribution is -0.117. The molecule has 0 radical (unpaired) electrons. The van der Waals surface area contributed by atoms with E-state index >= 15 is 0 Å². The molecule has 0 saturated carbocycles. The molecule has 1 aliphatic rings. The van der Waals surface area contributed by atoms with Crippen molar-refractivity contribution in [1.29, 1.82) is 0 Å². The zero-order valence-corrected chi connectivity index (χ0v) is 17.0. The van der Waals surface area contributed by atoms with Crippen LogP contribution in [0.15, 0.2) is 94.4 Å². The second kappa shape index (κ2) is 7.51. The summed E-state index contributed by atoms with van der Waals surface area (Å²) in [7, 11) is -4.20. The zero-order valence-electron chi connectivity index (χ0n) is 15.4. The summed E-state index contributed by atoms with van der Waals surface area (Å²) in [6.07, 6.45) is 0. The second-order valence-corrected chi connectivity index (χ2v) is 9.03. The largest absolute Gasteiger partial charge is 0.508 e. The molecule has 3 aromatic carbocycles. The van der Waals surface area contributed by atoms with Gasteiger partial charge in [-0.05, 0) is 54.1 Å². The number of halogens is 1. The van der Waals surface area contributed by atoms with Crippen molar-refractivity contribution >= 4 is 33.0 Å². The Morgan fingerprint density at radius 1 is 0.833 bits per heavy atom. The van der Waals surface area contributed by atoms with E-state index in [1.807, 2.05) is 0 Å². The highest BCUT2D eigenvalue weighted by Gasteiger charge is 2.47. The van der Waals surface area contributed by atoms with Gasteiger partial charge in [0.15, 0.2) is 5.76 Å². The van der Waals surface area contributed by atoms with Crippen LogP contribution in [0, 0.1) is 0 Å². The number of aromatic hydroxyl groups is 1. The van der Waals surface area contributed by atoms with Crippen LogP contribution in [-0.4, -0.2) is 24.5 Å². The molecule has 3 aromatic rings. The summed E-state index contributed by atoms with van der Waals surface area (Å²) in [5.74, 6) is -1.70. The fourth-order valence-corrected chi connectivity index (χ4v) is 5.18. The number of amides is 1. The SMILES string of the molecule is O=C1C(O)=C(S(=O)(=O)c2ccccc2)[C@@H](c2ccc(O)cc2)N1c1ccc(Cl)cc1. The first kappa shape index (κ1) is 20.0. The molecule has 152 valence electrons. The van der Waals surface area contributed by atoms with Gasteiger partial charge in [0, 0.05) is 10.7 Å². The topological polar surface area (TPSA) is 94.9 Å². The van der Waals surface area contributed by atoms with Crippen LogP contribution in [-0.2, 0) is 14.6 Å². The molecule has 1 aliphatic heterocycles. The van der Waals surface area contributed by atoms with Crippen molar-refractivity contribution in [3.05, 3.63) is 100 Å². The Kier molecular flexibility index (Phi) is 5.01. The Bertz CT molecular complexity index is 1240. The summed E-state index contributed by atoms with van der Waals surface area (Å²) < 4.78 is 26.8. The van der Waals surface area contributed by atoms with Gasteiger partial charge < -0.3 is 10.2 Å². The lowest BCUT2D eigenvalue weighted by Gasteiger charge is -2.27. The molecule has 1 atom stereocenters. The van der Waals surface area contributed by atoms with E-state index in [0.717, 1.165) is 0 Å². The maximum atomic E-state index is 13.4. The number of carbonyl (C=O) groups excluding carboxylic acids is 1. The van der Waals surface area contributed by atoms with E-state index in [2.05, 4.69) is 0 Å². The molecule has 0 unspecified atom stereocenters. The van der Waals surface area contributed by atoms with E-state index in [-0.39, 0.29) is 10.6 Å². The van der Waals surface area contributed by atoms with Crippen molar-refractivity contribution in [3.63, 3.8) is 0 Å². The molecule has 0 bridgehead atoms. The van der Waals surface area contributed by atoms with Crippen LogP contribution in [0.3, 0.4) is 0 Å². The van der Waals surface area contributed by atoms with Gasteiger partial charge in [0.05, 0.1) is 4.90 Å². The Morgan fingerprint density at radius 2 is 1.43 bits per heavy atom. The molecule has 0 fully saturated rings. The normalized spacial score (nSPS) is 16.9. The predicted molar refractivity (Wildman–Crippen MR) is 113 cm³/mol. The predicted octanol–water partition coefficient (Wildman–Crippen LogP) is 4.38. The molecular formula is C22H16ClNO5S. The lowest BCUT2D eigenvalue weighted by atomic mass is 10.1. The summed E-state index contributed by atoms with van der Waals surface area (Å²) in [4.78, 5) is 13.7. The summed E-state index contributed by atoms with van der Waals surface area (Å²) in [5.41, 5.74) is 0.780. The van der Waals surface area contributed by atoms with E-state index in [1.54, 1.807) is 42.5 Å². The zero-order chi connectivity index (χ0) is 21.5. The molecule has 8 heteroatoms. The number of sulfone groups is 1. The van der Waals surface area contributed by atoms with Gasteiger partial charge in [-0.25, -0.2) is 8.42 Å². The van der Waals surface area contributed by atoms with E-state index < -0.39 is 32.5 Å². The first-order valence-electron chi connectivity index (χ1n) is 8.92. The quantitative estimate of drug-likeness (QED) is 0.626. The van der Waals surface area contributed by atoms with Gasteiger partial charge in [0.2, 0.25) is 9.84 Å². The van der Waals surface area contributed by atoms with Crippen molar-refractivity contribution in [2.24, 2.45) is 0 Å². The monoisotopic (exact) mass is 441 g/mol. The summed E-state index contributed by atoms with van der Waals surface area (Å²) in [6, 6.07) is 18.6. The number of hydrogen-bond donors (Lipinski definition) is 2. The Morgan fingerprint density at radius 3 is 2.03 bits per heavy atom. The molecule has 1 amide bonds. The van der Waals surface area contributed by atoms with E-state index in [9.17, 15) is 23.4 Å². The number of phenols is 1. The highest BCUT2D eigenvalue weighted by Crippen LogP contribution is 2.45. The van der Waals surface area contributed by atoms with Crippen molar-refractivity contribution < 1.29 is 23.4 Å². The average Bonchev–Trinajstić information content (AvgIpc) is 3.01. The minimum atomic E-state index is -4.20. The van der Waals surface area contributed by atoms with E-state index in [1.165, 1.54) is 41.3 Å². The van der Waals surface area contributed by atoms with Crippen molar-refractivity contribution in [2.75, 3.05) is 4.90 Å². The number of benzene rings is 3. The van der Waals surface area contributed by atoms with Gasteiger partial charge >= 0.3 is 0 Å². The summed E-state index contributed by atoms with van der Waals surface area (Å²) in [5, 5.41) is 20.8. The third-order valence-corrected chi connectivity index (χ3v) is 6.96. The molecule has 1 heterocycles. The number of phenolic OH excluding ortho intramolecular Hbond substituents is 1. The van der Waals surface area contributed by atoms with E-state index in [4.69, 9.17) is 11.6 Å². The molecular weight excluding hydrogens is 426 g/mol. The van der Waals surface area contributed by atoms with Crippen molar-refractivity contribution in [3.8, 4) is 5.75 Å². The second-order valence-electron chi connectivity index (χ2n) is 6.67. The summed E-state index contributed by atoms with van der Waals surface area (Å²) in [6.45, 7) is 0. The number of carbonyl (C=O) groups is 1. The molecule has 0 saturated heterocycles. The molecule has 0 aromatic heterocycles. The van der Waals surface area contributed by atoms with Crippen molar-refractivity contribution in [2.45, 2.75) is 10.9 Å². The van der Waals surface area contributed by atoms with Gasteiger partial charge in [-0.1, -0.05) is 41.9 Å². The Balaban J connectivity index is 1.94. The van der Waals surface area contributed by atoms with Gasteiger partial charge in [-0.15, -0.1) is 0 Å². The third-order valence-electron chi connectivity index (χ3n) is 4.82. The van der Waals surface area contributed by atoms with Crippen LogP contribution in [0.25, 0.3) is 0 Å². The molecule has 6 nitrogen and oxygen atoms in total. The molecule has 0 spiro atoms. The fraction of sp³-hybridized carbons (Fsp3) is 0.0455. The maximum absolute atomic E-state index is 13.4. The highest BCUT2D eigenvalue weighted by atomic mass is 35.5. The van der Waals surface area contributed by atoms with Gasteiger partial charge in [-0.2, -0.15) is 0 Å². The van der Waals surface area contributed by atoms with E-state index in [0.29, 0.717) is 16.3 Å². The smallest absolute Gasteiger partial charge is 0.295 e. The number of rotatable bonds is 4. The van der Waals surface area contributed by atoms with Crippen LogP contribution in [0.2, 0.25) is 5.02 Å². The Hall–Kier alpha value is -3.29. The molecule has 30 heavy (non-hydrogen) atoms. The van der Waals surface area contributed by atoms with Crippen LogP contribution in [0.5, 0.6) is 5.75 Å². The van der Waals surface area contributed by atoms with Crippen molar-refractivity contribution in [1.82, 2.24) is 0 Å². The highest BCUT2D eigenvalue weighted by molar-refractivity contribution is 7.95. The molecule has 4 rings (SSSR count). The molecule has 2 N–H and O–H groups in total. The van der Waals surface area contributed by atoms with Gasteiger partial charge in [-0.3, -0.25) is 9.69 Å². The molecule has 0 aliphatic carbocycles. The number of aliphatic hydroxyl groups excluding tert-OH is 1. The lowest BCUT2D eigenvalue weighted by Crippen LogP contribution is -2.31. The minimum absolute atomic E-state index is 0.0122. The average molecular weight is 442 g/mol. The number of nitrogens with zero attached hydrogens (tertiary/aromatic N) is 1. The summed E-state index contributed by atoms with van der Waals surface area (Å²) >= 11 is 5.95. The van der Waals surface area contributed by atoms with Gasteiger partial charge in [0.1, 0.15) is 16.7 Å². The number of aliphatic hydroxyl groups is 1. The third kappa shape index (κ3) is 3.32. The first-order chi connectivity index (χ1) is 14.3. The Labute approximate surface area is 178 Å². The number of anilines is 1. The van der Waals surface area contributed by atoms with Gasteiger partial charge in [0.25, 0.3) is 5.91 Å². The standard InChI is InChI=1S/C22H16ClNO5S/c23-15-8-10-16(11-9-15)24-19(14-6-12-17(25)13-7-14)21(20(26)22(24)27)30(28,29)18-4-2-1-3-5-18/h1-13,19,25-26H/t19-/m1/s1. The van der Waals surface area contributed by atoms with Crippen LogP contribution >= 0.6 is 11.6 Å². The number of hydrogen-bond acceptors (Lipinski definition) is 5. The first-order valence-corrected chi connectivity index (χ1v) is 10.8. The maximum Gasteiger partial charge on any atom is 0.295 e. The fourth-order valence-electron chi connectivity index (χ4n) is 3.41. The van der Waals surface area contributed by atoms with Crippen LogP contribution in [0.4, 0.5) is 5.69 Å². The minimum Gasteiger partial charge on any atom is -0.508 e. The van der Waals surface area contributed by atoms with Crippen LogP contribution < -0.4 is 4.90 Å².